The third-order valence-corrected chi connectivity index (χ3v) is 4.66. The highest BCUT2D eigenvalue weighted by Gasteiger charge is 2.10. The maximum atomic E-state index is 12.0. The van der Waals surface area contributed by atoms with Crippen LogP contribution in [-0.4, -0.2) is 12.5 Å². The molecule has 6 heteroatoms. The summed E-state index contributed by atoms with van der Waals surface area (Å²) in [7, 11) is 0. The maximum Gasteiger partial charge on any atom is 0.276 e. The summed E-state index contributed by atoms with van der Waals surface area (Å²) in [6, 6.07) is 9.65. The Morgan fingerprint density at radius 3 is 2.67 bits per heavy atom. The minimum atomic E-state index is -0.282. The van der Waals surface area contributed by atoms with Crippen LogP contribution < -0.4 is 15.6 Å². The topological polar surface area (TPSA) is 50.4 Å². The van der Waals surface area contributed by atoms with Gasteiger partial charge in [0.2, 0.25) is 0 Å². The predicted molar refractivity (Wildman–Crippen MR) is 100 cm³/mol. The van der Waals surface area contributed by atoms with E-state index in [9.17, 15) is 4.79 Å². The van der Waals surface area contributed by atoms with Crippen molar-refractivity contribution in [2.24, 2.45) is 0 Å². The molecule has 2 aromatic rings. The molecule has 0 atom stereocenters. The monoisotopic (exact) mass is 364 g/mol. The second-order valence-corrected chi connectivity index (χ2v) is 7.46. The molecular weight excluding hydrogens is 344 g/mol. The minimum Gasteiger partial charge on any atom is -0.483 e. The lowest BCUT2D eigenvalue weighted by molar-refractivity contribution is -0.123. The molecule has 1 aromatic heterocycles. The first-order valence-electron chi connectivity index (χ1n) is 7.59. The first-order chi connectivity index (χ1) is 11.4. The van der Waals surface area contributed by atoms with Crippen molar-refractivity contribution >= 4 is 34.5 Å². The van der Waals surface area contributed by atoms with Crippen LogP contribution in [0.25, 0.3) is 5.70 Å². The normalized spacial score (nSPS) is 10.5. The lowest BCUT2D eigenvalue weighted by atomic mass is 10.0. The summed E-state index contributed by atoms with van der Waals surface area (Å²) < 4.78 is 6.35. The largest absolute Gasteiger partial charge is 0.483 e. The summed E-state index contributed by atoms with van der Waals surface area (Å²) in [5, 5.41) is 0. The van der Waals surface area contributed by atoms with Crippen LogP contribution in [0.3, 0.4) is 0 Å². The highest BCUT2D eigenvalue weighted by molar-refractivity contribution is 7.17. The second kappa shape index (κ2) is 8.22. The number of carbonyl (C=O) groups is 1. The number of benzene rings is 1. The number of carbonyl (C=O) groups excluding carboxylic acids is 1. The van der Waals surface area contributed by atoms with Gasteiger partial charge in [-0.05, 0) is 42.2 Å². The van der Waals surface area contributed by atoms with Gasteiger partial charge in [0.25, 0.3) is 5.91 Å². The van der Waals surface area contributed by atoms with E-state index in [4.69, 9.17) is 16.3 Å². The Labute approximate surface area is 151 Å². The molecule has 4 nitrogen and oxygen atoms in total. The molecule has 0 fully saturated rings. The van der Waals surface area contributed by atoms with E-state index in [2.05, 4.69) is 31.3 Å². The van der Waals surface area contributed by atoms with Crippen LogP contribution in [0.4, 0.5) is 0 Å². The number of aryl methyl sites for hydroxylation is 1. The standard InChI is InChI=1S/C18H21ClN2O2S/c1-11(2)14-6-5-12(3)9-15(14)23-10-18(22)21-20-13(4)16-7-8-17(19)24-16/h5-9,11,20H,4,10H2,1-3H3,(H,21,22). The Morgan fingerprint density at radius 1 is 1.29 bits per heavy atom. The average molecular weight is 365 g/mol. The lowest BCUT2D eigenvalue weighted by Gasteiger charge is -2.15. The summed E-state index contributed by atoms with van der Waals surface area (Å²) in [5.41, 5.74) is 8.11. The van der Waals surface area contributed by atoms with Crippen LogP contribution in [0.1, 0.15) is 35.8 Å². The van der Waals surface area contributed by atoms with Gasteiger partial charge in [-0.25, -0.2) is 0 Å². The maximum absolute atomic E-state index is 12.0. The van der Waals surface area contributed by atoms with Crippen LogP contribution >= 0.6 is 22.9 Å². The number of ether oxygens (including phenoxy) is 1. The van der Waals surface area contributed by atoms with Crippen LogP contribution in [0.5, 0.6) is 5.75 Å². The number of thiophene rings is 1. The molecule has 24 heavy (non-hydrogen) atoms. The zero-order valence-electron chi connectivity index (χ0n) is 14.0. The van der Waals surface area contributed by atoms with Crippen molar-refractivity contribution in [1.82, 2.24) is 10.9 Å². The Kier molecular flexibility index (Phi) is 6.29. The molecule has 1 heterocycles. The quantitative estimate of drug-likeness (QED) is 0.711. The molecule has 0 saturated heterocycles. The van der Waals surface area contributed by atoms with Crippen molar-refractivity contribution in [3.8, 4) is 5.75 Å². The first kappa shape index (κ1) is 18.4. The molecule has 1 aromatic carbocycles. The van der Waals surface area contributed by atoms with Gasteiger partial charge in [0.15, 0.2) is 6.61 Å². The SMILES string of the molecule is C=C(NNC(=O)COc1cc(C)ccc1C(C)C)c1ccc(Cl)s1. The van der Waals surface area contributed by atoms with Gasteiger partial charge in [-0.3, -0.25) is 15.6 Å². The Morgan fingerprint density at radius 2 is 2.04 bits per heavy atom. The van der Waals surface area contributed by atoms with E-state index < -0.39 is 0 Å². The summed E-state index contributed by atoms with van der Waals surface area (Å²) in [6.07, 6.45) is 0. The summed E-state index contributed by atoms with van der Waals surface area (Å²) in [5.74, 6) is 0.782. The van der Waals surface area contributed by atoms with Crippen molar-refractivity contribution in [1.29, 1.82) is 0 Å². The molecule has 0 aliphatic carbocycles. The van der Waals surface area contributed by atoms with Crippen LogP contribution in [0.15, 0.2) is 36.9 Å². The van der Waals surface area contributed by atoms with Crippen LogP contribution in [-0.2, 0) is 4.79 Å². The number of hydrogen-bond acceptors (Lipinski definition) is 4. The molecule has 2 rings (SSSR count). The van der Waals surface area contributed by atoms with Gasteiger partial charge in [0, 0.05) is 0 Å². The number of halogens is 1. The number of rotatable bonds is 7. The van der Waals surface area contributed by atoms with E-state index in [0.29, 0.717) is 16.0 Å². The highest BCUT2D eigenvalue weighted by atomic mass is 35.5. The van der Waals surface area contributed by atoms with Crippen LogP contribution in [0.2, 0.25) is 4.34 Å². The van der Waals surface area contributed by atoms with Gasteiger partial charge in [-0.15, -0.1) is 11.3 Å². The zero-order valence-corrected chi connectivity index (χ0v) is 15.6. The van der Waals surface area contributed by atoms with Gasteiger partial charge < -0.3 is 4.74 Å². The van der Waals surface area contributed by atoms with Gasteiger partial charge in [0.1, 0.15) is 5.75 Å². The fourth-order valence-corrected chi connectivity index (χ4v) is 3.08. The Hall–Kier alpha value is -1.98. The summed E-state index contributed by atoms with van der Waals surface area (Å²) in [6.45, 7) is 9.97. The molecule has 128 valence electrons. The third-order valence-electron chi connectivity index (χ3n) is 3.37. The first-order valence-corrected chi connectivity index (χ1v) is 8.79. The Bertz CT molecular complexity index is 740. The van der Waals surface area contributed by atoms with Gasteiger partial charge >= 0.3 is 0 Å². The van der Waals surface area contributed by atoms with E-state index in [1.165, 1.54) is 11.3 Å². The van der Waals surface area contributed by atoms with Crippen molar-refractivity contribution < 1.29 is 9.53 Å². The Balaban J connectivity index is 1.87. The molecular formula is C18H21ClN2O2S. The van der Waals surface area contributed by atoms with E-state index in [1.807, 2.05) is 31.2 Å². The molecule has 0 unspecified atom stereocenters. The molecule has 2 N–H and O–H groups in total. The molecule has 0 aliphatic heterocycles. The summed E-state index contributed by atoms with van der Waals surface area (Å²) >= 11 is 7.27. The van der Waals surface area contributed by atoms with Gasteiger partial charge in [0.05, 0.1) is 14.9 Å². The fraction of sp³-hybridized carbons (Fsp3) is 0.278. The predicted octanol–water partition coefficient (Wildman–Crippen LogP) is 4.50. The molecule has 1 amide bonds. The third kappa shape index (κ3) is 5.01. The number of nitrogens with one attached hydrogen (secondary N) is 2. The highest BCUT2D eigenvalue weighted by Crippen LogP contribution is 2.27. The number of amides is 1. The average Bonchev–Trinajstić information content (AvgIpc) is 2.97. The summed E-state index contributed by atoms with van der Waals surface area (Å²) in [4.78, 5) is 12.8. The number of hydrazine groups is 1. The molecule has 0 spiro atoms. The van der Waals surface area contributed by atoms with Crippen molar-refractivity contribution in [2.45, 2.75) is 26.7 Å². The van der Waals surface area contributed by atoms with Crippen molar-refractivity contribution in [3.63, 3.8) is 0 Å². The number of hydrogen-bond donors (Lipinski definition) is 2. The lowest BCUT2D eigenvalue weighted by Crippen LogP contribution is -2.38. The van der Waals surface area contributed by atoms with E-state index >= 15 is 0 Å². The fourth-order valence-electron chi connectivity index (χ4n) is 2.11. The van der Waals surface area contributed by atoms with Gasteiger partial charge in [-0.2, -0.15) is 0 Å². The van der Waals surface area contributed by atoms with Crippen molar-refractivity contribution in [3.05, 3.63) is 57.3 Å². The molecule has 0 saturated carbocycles. The van der Waals surface area contributed by atoms with E-state index in [1.54, 1.807) is 6.07 Å². The van der Waals surface area contributed by atoms with E-state index in [-0.39, 0.29) is 12.5 Å². The minimum absolute atomic E-state index is 0.0748. The molecule has 0 aliphatic rings. The second-order valence-electron chi connectivity index (χ2n) is 5.74. The molecule has 0 bridgehead atoms. The molecule has 0 radical (unpaired) electrons. The smallest absolute Gasteiger partial charge is 0.276 e. The van der Waals surface area contributed by atoms with Crippen molar-refractivity contribution in [2.75, 3.05) is 6.61 Å². The van der Waals surface area contributed by atoms with Gasteiger partial charge in [-0.1, -0.05) is 44.2 Å². The zero-order chi connectivity index (χ0) is 17.7. The van der Waals surface area contributed by atoms with Crippen LogP contribution in [0, 0.1) is 6.92 Å². The van der Waals surface area contributed by atoms with E-state index in [0.717, 1.165) is 21.8 Å².